The van der Waals surface area contributed by atoms with Gasteiger partial charge in [-0.05, 0) is 49.2 Å². The number of hydrogen-bond donors (Lipinski definition) is 0. The van der Waals surface area contributed by atoms with Gasteiger partial charge >= 0.3 is 0 Å². The van der Waals surface area contributed by atoms with E-state index in [4.69, 9.17) is 0 Å². The number of hydrogen-bond acceptors (Lipinski definition) is 0. The van der Waals surface area contributed by atoms with E-state index in [2.05, 4.69) is 84.5 Å². The van der Waals surface area contributed by atoms with Crippen LogP contribution in [0, 0.1) is 24.2 Å². The summed E-state index contributed by atoms with van der Waals surface area (Å²) in [6, 6.07) is 8.83. The van der Waals surface area contributed by atoms with E-state index in [0.717, 1.165) is 6.42 Å². The van der Waals surface area contributed by atoms with Gasteiger partial charge in [0, 0.05) is 5.92 Å². The molecule has 0 amide bonds. The lowest BCUT2D eigenvalue weighted by Gasteiger charge is -2.35. The molecule has 0 spiro atoms. The first-order valence-corrected chi connectivity index (χ1v) is 9.46. The second-order valence-corrected chi connectivity index (χ2v) is 8.08. The quantitative estimate of drug-likeness (QED) is 0.460. The topological polar surface area (TPSA) is 0 Å². The van der Waals surface area contributed by atoms with Crippen molar-refractivity contribution in [1.29, 1.82) is 0 Å². The van der Waals surface area contributed by atoms with Gasteiger partial charge in [0.05, 0.1) is 0 Å². The molecular formula is C24H34. The SMILES string of the molecule is C=C(C(CC)C1C=C(c2cccc(C)c2)C=C1C)C(C)(C)CCC. The fourth-order valence-electron chi connectivity index (χ4n) is 4.16. The van der Waals surface area contributed by atoms with Crippen molar-refractivity contribution in [1.82, 2.24) is 0 Å². The van der Waals surface area contributed by atoms with Crippen LogP contribution < -0.4 is 0 Å². The molecule has 0 heterocycles. The molecular weight excluding hydrogens is 288 g/mol. The molecule has 0 N–H and O–H groups in total. The van der Waals surface area contributed by atoms with Crippen molar-refractivity contribution in [3.05, 3.63) is 65.3 Å². The monoisotopic (exact) mass is 322 g/mol. The summed E-state index contributed by atoms with van der Waals surface area (Å²) in [5.74, 6) is 1.03. The lowest BCUT2D eigenvalue weighted by Crippen LogP contribution is -2.25. The highest BCUT2D eigenvalue weighted by atomic mass is 14.4. The summed E-state index contributed by atoms with van der Waals surface area (Å²) in [6.07, 6.45) is 8.44. The lowest BCUT2D eigenvalue weighted by atomic mass is 9.69. The molecule has 24 heavy (non-hydrogen) atoms. The molecule has 2 unspecified atom stereocenters. The van der Waals surface area contributed by atoms with Crippen molar-refractivity contribution in [3.63, 3.8) is 0 Å². The fourth-order valence-corrected chi connectivity index (χ4v) is 4.16. The minimum atomic E-state index is 0.218. The van der Waals surface area contributed by atoms with Gasteiger partial charge in [-0.25, -0.2) is 0 Å². The van der Waals surface area contributed by atoms with Crippen LogP contribution in [0.5, 0.6) is 0 Å². The fraction of sp³-hybridized carbons (Fsp3) is 0.500. The Labute approximate surface area is 149 Å². The summed E-state index contributed by atoms with van der Waals surface area (Å²) in [7, 11) is 0. The van der Waals surface area contributed by atoms with Gasteiger partial charge in [-0.2, -0.15) is 0 Å². The largest absolute Gasteiger partial charge is 0.0990 e. The number of aryl methyl sites for hydroxylation is 1. The zero-order chi connectivity index (χ0) is 17.9. The Morgan fingerprint density at radius 2 is 1.92 bits per heavy atom. The molecule has 0 nitrogen and oxygen atoms in total. The van der Waals surface area contributed by atoms with E-state index in [9.17, 15) is 0 Å². The van der Waals surface area contributed by atoms with Gasteiger partial charge in [-0.15, -0.1) is 0 Å². The second-order valence-electron chi connectivity index (χ2n) is 8.08. The summed E-state index contributed by atoms with van der Waals surface area (Å²) in [4.78, 5) is 0. The van der Waals surface area contributed by atoms with Gasteiger partial charge in [0.25, 0.3) is 0 Å². The van der Waals surface area contributed by atoms with Gasteiger partial charge in [-0.3, -0.25) is 0 Å². The summed E-state index contributed by atoms with van der Waals surface area (Å²) >= 11 is 0. The van der Waals surface area contributed by atoms with Crippen molar-refractivity contribution in [2.75, 3.05) is 0 Å². The van der Waals surface area contributed by atoms with Crippen LogP contribution in [0.3, 0.4) is 0 Å². The van der Waals surface area contributed by atoms with Crippen LogP contribution in [0.1, 0.15) is 65.0 Å². The molecule has 1 aliphatic carbocycles. The van der Waals surface area contributed by atoms with Crippen LogP contribution in [-0.2, 0) is 0 Å². The molecule has 0 aliphatic heterocycles. The van der Waals surface area contributed by atoms with Gasteiger partial charge in [-0.1, -0.05) is 93.8 Å². The van der Waals surface area contributed by atoms with E-state index in [-0.39, 0.29) is 5.41 Å². The predicted molar refractivity (Wildman–Crippen MR) is 108 cm³/mol. The molecule has 130 valence electrons. The Balaban J connectivity index is 2.30. The third-order valence-electron chi connectivity index (χ3n) is 5.68. The molecule has 0 radical (unpaired) electrons. The molecule has 0 saturated carbocycles. The molecule has 2 rings (SSSR count). The Morgan fingerprint density at radius 3 is 2.50 bits per heavy atom. The first-order chi connectivity index (χ1) is 11.3. The lowest BCUT2D eigenvalue weighted by molar-refractivity contribution is 0.329. The molecule has 0 fully saturated rings. The van der Waals surface area contributed by atoms with Crippen molar-refractivity contribution in [2.45, 2.75) is 60.8 Å². The van der Waals surface area contributed by atoms with Gasteiger partial charge in [0.1, 0.15) is 0 Å². The van der Waals surface area contributed by atoms with E-state index in [1.54, 1.807) is 0 Å². The van der Waals surface area contributed by atoms with Crippen LogP contribution in [0.2, 0.25) is 0 Å². The maximum absolute atomic E-state index is 4.55. The average molecular weight is 323 g/mol. The highest BCUT2D eigenvalue weighted by Gasteiger charge is 2.32. The third-order valence-corrected chi connectivity index (χ3v) is 5.68. The predicted octanol–water partition coefficient (Wildman–Crippen LogP) is 7.36. The van der Waals surface area contributed by atoms with E-state index in [1.165, 1.54) is 40.7 Å². The molecule has 1 aliphatic rings. The minimum Gasteiger partial charge on any atom is -0.0990 e. The van der Waals surface area contributed by atoms with Crippen molar-refractivity contribution in [2.24, 2.45) is 17.3 Å². The summed E-state index contributed by atoms with van der Waals surface area (Å²) in [5, 5.41) is 0. The zero-order valence-electron chi connectivity index (χ0n) is 16.4. The molecule has 0 saturated heterocycles. The smallest absolute Gasteiger partial charge is 0.00520 e. The molecule has 1 aromatic carbocycles. The molecule has 0 aromatic heterocycles. The van der Waals surface area contributed by atoms with E-state index >= 15 is 0 Å². The molecule has 1 aromatic rings. The zero-order valence-corrected chi connectivity index (χ0v) is 16.4. The number of benzene rings is 1. The highest BCUT2D eigenvalue weighted by molar-refractivity contribution is 5.78. The number of allylic oxidation sites excluding steroid dienone is 5. The van der Waals surface area contributed by atoms with Crippen LogP contribution in [0.15, 0.2) is 54.1 Å². The van der Waals surface area contributed by atoms with Crippen LogP contribution in [0.25, 0.3) is 5.57 Å². The second kappa shape index (κ2) is 7.55. The maximum atomic E-state index is 4.55. The highest BCUT2D eigenvalue weighted by Crippen LogP contribution is 2.45. The summed E-state index contributed by atoms with van der Waals surface area (Å²) in [6.45, 7) is 18.3. The normalized spacial score (nSPS) is 19.0. The third kappa shape index (κ3) is 3.91. The Hall–Kier alpha value is -1.56. The van der Waals surface area contributed by atoms with Crippen molar-refractivity contribution in [3.8, 4) is 0 Å². The van der Waals surface area contributed by atoms with Crippen molar-refractivity contribution < 1.29 is 0 Å². The van der Waals surface area contributed by atoms with E-state index < -0.39 is 0 Å². The van der Waals surface area contributed by atoms with Crippen molar-refractivity contribution >= 4 is 5.57 Å². The van der Waals surface area contributed by atoms with Gasteiger partial charge < -0.3 is 0 Å². The first kappa shape index (κ1) is 18.8. The van der Waals surface area contributed by atoms with Crippen LogP contribution in [0.4, 0.5) is 0 Å². The summed E-state index contributed by atoms with van der Waals surface area (Å²) < 4.78 is 0. The Morgan fingerprint density at radius 1 is 1.21 bits per heavy atom. The minimum absolute atomic E-state index is 0.218. The molecule has 0 heteroatoms. The van der Waals surface area contributed by atoms with Crippen LogP contribution >= 0.6 is 0 Å². The maximum Gasteiger partial charge on any atom is 0.00520 e. The molecule has 2 atom stereocenters. The number of rotatable bonds is 7. The Kier molecular flexibility index (Phi) is 5.91. The van der Waals surface area contributed by atoms with Gasteiger partial charge in [0.2, 0.25) is 0 Å². The van der Waals surface area contributed by atoms with Crippen LogP contribution in [-0.4, -0.2) is 0 Å². The van der Waals surface area contributed by atoms with E-state index in [1.807, 2.05) is 0 Å². The van der Waals surface area contributed by atoms with Gasteiger partial charge in [0.15, 0.2) is 0 Å². The first-order valence-electron chi connectivity index (χ1n) is 9.46. The average Bonchev–Trinajstić information content (AvgIpc) is 2.90. The summed E-state index contributed by atoms with van der Waals surface area (Å²) in [5.41, 5.74) is 7.16. The van der Waals surface area contributed by atoms with E-state index in [0.29, 0.717) is 11.8 Å². The Bertz CT molecular complexity index is 654. The standard InChI is InChI=1S/C24H34/c1-8-13-24(6,7)19(5)22(9-2)23-16-21(15-18(23)4)20-12-10-11-17(3)14-20/h10-12,14-16,22-23H,5,8-9,13H2,1-4,6-7H3. The molecule has 0 bridgehead atoms.